The number of aromatic hydroxyl groups is 1. The van der Waals surface area contributed by atoms with Crippen LogP contribution in [0, 0.1) is 0 Å². The number of aromatic nitrogens is 1. The van der Waals surface area contributed by atoms with E-state index in [1.165, 1.54) is 6.20 Å². The van der Waals surface area contributed by atoms with Crippen molar-refractivity contribution in [3.63, 3.8) is 0 Å². The minimum atomic E-state index is 0.231. The molecule has 0 spiro atoms. The lowest BCUT2D eigenvalue weighted by Gasteiger charge is -2.06. The van der Waals surface area contributed by atoms with Crippen molar-refractivity contribution in [1.29, 1.82) is 0 Å². The summed E-state index contributed by atoms with van der Waals surface area (Å²) >= 11 is 0. The predicted molar refractivity (Wildman–Crippen MR) is 56.2 cm³/mol. The van der Waals surface area contributed by atoms with Gasteiger partial charge in [-0.1, -0.05) is 18.2 Å². The normalized spacial score (nSPS) is 10.6. The molecule has 0 fully saturated rings. The highest BCUT2D eigenvalue weighted by atomic mass is 16.3. The number of para-hydroxylation sites is 1. The molecule has 1 aromatic heterocycles. The summed E-state index contributed by atoms with van der Waals surface area (Å²) in [5.74, 6) is 0.231. The largest absolute Gasteiger partial charge is 0.506 e. The first-order chi connectivity index (χ1) is 6.83. The predicted octanol–water partition coefficient (Wildman–Crippen LogP) is 1.44. The van der Waals surface area contributed by atoms with Crippen LogP contribution in [0.4, 0.5) is 0 Å². The molecule has 0 saturated carbocycles. The summed E-state index contributed by atoms with van der Waals surface area (Å²) < 4.78 is 0. The molecular weight excluding hydrogens is 176 g/mol. The van der Waals surface area contributed by atoms with Crippen LogP contribution < -0.4 is 5.73 Å². The first kappa shape index (κ1) is 8.97. The zero-order valence-electron chi connectivity index (χ0n) is 7.77. The number of benzene rings is 1. The van der Waals surface area contributed by atoms with Gasteiger partial charge in [0.1, 0.15) is 5.75 Å². The molecule has 0 aliphatic rings. The van der Waals surface area contributed by atoms with E-state index in [-0.39, 0.29) is 5.75 Å². The van der Waals surface area contributed by atoms with Crippen LogP contribution in [0.5, 0.6) is 5.75 Å². The molecule has 0 bridgehead atoms. The Labute approximate surface area is 82.2 Å². The number of nitrogens with zero attached hydrogens (tertiary/aromatic N) is 1. The molecule has 0 aliphatic heterocycles. The smallest absolute Gasteiger partial charge is 0.137 e. The summed E-state index contributed by atoms with van der Waals surface area (Å²) in [7, 11) is 0. The van der Waals surface area contributed by atoms with Crippen molar-refractivity contribution in [3.8, 4) is 5.75 Å². The highest BCUT2D eigenvalue weighted by molar-refractivity contribution is 5.83. The summed E-state index contributed by atoms with van der Waals surface area (Å²) in [6.45, 7) is 0.529. The number of pyridine rings is 1. The zero-order chi connectivity index (χ0) is 9.97. The van der Waals surface area contributed by atoms with Crippen LogP contribution in [0.2, 0.25) is 0 Å². The highest BCUT2D eigenvalue weighted by Crippen LogP contribution is 2.24. The van der Waals surface area contributed by atoms with Crippen molar-refractivity contribution in [3.05, 3.63) is 36.0 Å². The topological polar surface area (TPSA) is 59.1 Å². The standard InChI is InChI=1S/C11H12N2O/c12-6-5-9-8-3-1-2-4-10(8)13-7-11(9)14/h1-4,7,14H,5-6,12H2. The Bertz CT molecular complexity index is 454. The lowest BCUT2D eigenvalue weighted by atomic mass is 10.1. The van der Waals surface area contributed by atoms with Gasteiger partial charge in [0, 0.05) is 10.9 Å². The van der Waals surface area contributed by atoms with Crippen molar-refractivity contribution in [2.75, 3.05) is 6.54 Å². The number of rotatable bonds is 2. The Kier molecular flexibility index (Phi) is 2.33. The average Bonchev–Trinajstić information content (AvgIpc) is 2.23. The Morgan fingerprint density at radius 3 is 2.86 bits per heavy atom. The van der Waals surface area contributed by atoms with Crippen molar-refractivity contribution in [2.24, 2.45) is 5.73 Å². The van der Waals surface area contributed by atoms with Crippen molar-refractivity contribution >= 4 is 10.9 Å². The molecule has 0 saturated heterocycles. The quantitative estimate of drug-likeness (QED) is 0.749. The third-order valence-corrected chi connectivity index (χ3v) is 2.26. The first-order valence-electron chi connectivity index (χ1n) is 4.58. The second-order valence-electron chi connectivity index (χ2n) is 3.18. The fourth-order valence-electron chi connectivity index (χ4n) is 1.60. The molecule has 0 radical (unpaired) electrons. The Morgan fingerprint density at radius 2 is 2.07 bits per heavy atom. The fraction of sp³-hybridized carbons (Fsp3) is 0.182. The maximum atomic E-state index is 9.62. The van der Waals surface area contributed by atoms with Crippen LogP contribution in [0.3, 0.4) is 0 Å². The first-order valence-corrected chi connectivity index (χ1v) is 4.58. The van der Waals surface area contributed by atoms with E-state index in [0.717, 1.165) is 16.5 Å². The summed E-state index contributed by atoms with van der Waals surface area (Å²) in [5, 5.41) is 10.6. The summed E-state index contributed by atoms with van der Waals surface area (Å²) in [6.07, 6.45) is 2.15. The minimum Gasteiger partial charge on any atom is -0.506 e. The molecule has 0 aliphatic carbocycles. The van der Waals surface area contributed by atoms with Crippen molar-refractivity contribution < 1.29 is 5.11 Å². The van der Waals surface area contributed by atoms with Gasteiger partial charge in [-0.15, -0.1) is 0 Å². The Morgan fingerprint density at radius 1 is 1.29 bits per heavy atom. The molecule has 3 N–H and O–H groups in total. The van der Waals surface area contributed by atoms with Crippen LogP contribution in [-0.2, 0) is 6.42 Å². The lowest BCUT2D eigenvalue weighted by molar-refractivity contribution is 0.467. The van der Waals surface area contributed by atoms with Crippen molar-refractivity contribution in [2.45, 2.75) is 6.42 Å². The molecule has 0 amide bonds. The molecule has 0 unspecified atom stereocenters. The molecule has 3 heteroatoms. The summed E-state index contributed by atoms with van der Waals surface area (Å²) in [4.78, 5) is 4.13. The van der Waals surface area contributed by atoms with Gasteiger partial charge in [-0.25, -0.2) is 0 Å². The van der Waals surface area contributed by atoms with E-state index in [1.54, 1.807) is 0 Å². The van der Waals surface area contributed by atoms with Gasteiger partial charge in [-0.05, 0) is 19.0 Å². The van der Waals surface area contributed by atoms with Crippen molar-refractivity contribution in [1.82, 2.24) is 4.98 Å². The van der Waals surface area contributed by atoms with E-state index in [9.17, 15) is 5.11 Å². The molecule has 0 atom stereocenters. The summed E-state index contributed by atoms with van der Waals surface area (Å²) in [6, 6.07) is 7.74. The fourth-order valence-corrected chi connectivity index (χ4v) is 1.60. The van der Waals surface area contributed by atoms with E-state index in [2.05, 4.69) is 4.98 Å². The second-order valence-corrected chi connectivity index (χ2v) is 3.18. The number of hydrogen-bond donors (Lipinski definition) is 2. The number of fused-ring (bicyclic) bond motifs is 1. The van der Waals surface area contributed by atoms with Crippen LogP contribution in [-0.4, -0.2) is 16.6 Å². The van der Waals surface area contributed by atoms with Gasteiger partial charge in [0.05, 0.1) is 11.7 Å². The molecular formula is C11H12N2O. The van der Waals surface area contributed by atoms with E-state index >= 15 is 0 Å². The van der Waals surface area contributed by atoms with Crippen LogP contribution >= 0.6 is 0 Å². The van der Waals surface area contributed by atoms with E-state index in [0.29, 0.717) is 13.0 Å². The second kappa shape index (κ2) is 3.64. The molecule has 14 heavy (non-hydrogen) atoms. The van der Waals surface area contributed by atoms with Gasteiger partial charge in [0.2, 0.25) is 0 Å². The molecule has 2 rings (SSSR count). The molecule has 2 aromatic rings. The van der Waals surface area contributed by atoms with Gasteiger partial charge < -0.3 is 10.8 Å². The van der Waals surface area contributed by atoms with Gasteiger partial charge in [0.25, 0.3) is 0 Å². The minimum absolute atomic E-state index is 0.231. The van der Waals surface area contributed by atoms with Gasteiger partial charge in [-0.3, -0.25) is 4.98 Å². The Hall–Kier alpha value is -1.61. The van der Waals surface area contributed by atoms with Gasteiger partial charge >= 0.3 is 0 Å². The Balaban J connectivity index is 2.69. The molecule has 72 valence electrons. The third kappa shape index (κ3) is 1.42. The number of hydrogen-bond acceptors (Lipinski definition) is 3. The SMILES string of the molecule is NCCc1c(O)cnc2ccccc12. The maximum Gasteiger partial charge on any atom is 0.137 e. The number of nitrogens with two attached hydrogens (primary N) is 1. The van der Waals surface area contributed by atoms with E-state index in [1.807, 2.05) is 24.3 Å². The third-order valence-electron chi connectivity index (χ3n) is 2.26. The van der Waals surface area contributed by atoms with Gasteiger partial charge in [0.15, 0.2) is 0 Å². The maximum absolute atomic E-state index is 9.62. The van der Waals surface area contributed by atoms with Gasteiger partial charge in [-0.2, -0.15) is 0 Å². The molecule has 1 heterocycles. The average molecular weight is 188 g/mol. The highest BCUT2D eigenvalue weighted by Gasteiger charge is 2.05. The van der Waals surface area contributed by atoms with E-state index in [4.69, 9.17) is 5.73 Å². The molecule has 3 nitrogen and oxygen atoms in total. The van der Waals surface area contributed by atoms with Crippen LogP contribution in [0.15, 0.2) is 30.5 Å². The monoisotopic (exact) mass is 188 g/mol. The van der Waals surface area contributed by atoms with Crippen LogP contribution in [0.1, 0.15) is 5.56 Å². The van der Waals surface area contributed by atoms with E-state index < -0.39 is 0 Å². The van der Waals surface area contributed by atoms with Crippen LogP contribution in [0.25, 0.3) is 10.9 Å². The lowest BCUT2D eigenvalue weighted by Crippen LogP contribution is -2.03. The summed E-state index contributed by atoms with van der Waals surface area (Å²) in [5.41, 5.74) is 7.27. The zero-order valence-corrected chi connectivity index (χ0v) is 7.77. The molecule has 1 aromatic carbocycles.